The number of halogens is 3. The van der Waals surface area contributed by atoms with E-state index in [9.17, 15) is 9.59 Å². The fourth-order valence-electron chi connectivity index (χ4n) is 3.83. The molecular weight excluding hydrogens is 333 g/mol. The van der Waals surface area contributed by atoms with Crippen molar-refractivity contribution in [3.8, 4) is 0 Å². The summed E-state index contributed by atoms with van der Waals surface area (Å²) in [6, 6.07) is 3.03. The second-order valence-corrected chi connectivity index (χ2v) is 6.93. The van der Waals surface area contributed by atoms with E-state index in [2.05, 4.69) is 12.2 Å². The van der Waals surface area contributed by atoms with Crippen LogP contribution in [0.15, 0.2) is 24.3 Å². The van der Waals surface area contributed by atoms with E-state index in [1.54, 1.807) is 0 Å². The number of hydrogen-bond donors (Lipinski definition) is 0. The predicted molar refractivity (Wildman–Crippen MR) is 81.7 cm³/mol. The zero-order chi connectivity index (χ0) is 14.9. The van der Waals surface area contributed by atoms with Crippen LogP contribution in [-0.2, 0) is 9.59 Å². The number of benzene rings is 1. The minimum Gasteiger partial charge on any atom is -0.274 e. The Kier molecular flexibility index (Phi) is 2.91. The van der Waals surface area contributed by atoms with Crippen LogP contribution < -0.4 is 4.90 Å². The van der Waals surface area contributed by atoms with Crippen molar-refractivity contribution in [2.24, 2.45) is 23.7 Å². The third-order valence-electron chi connectivity index (χ3n) is 4.70. The highest BCUT2D eigenvalue weighted by Crippen LogP contribution is 2.53. The van der Waals surface area contributed by atoms with Crippen molar-refractivity contribution in [3.63, 3.8) is 0 Å². The quantitative estimate of drug-likeness (QED) is 0.440. The molecule has 0 unspecified atom stereocenters. The van der Waals surface area contributed by atoms with Gasteiger partial charge in [-0.15, -0.1) is 0 Å². The van der Waals surface area contributed by atoms with Crippen molar-refractivity contribution in [1.82, 2.24) is 0 Å². The molecule has 6 heteroatoms. The summed E-state index contributed by atoms with van der Waals surface area (Å²) in [7, 11) is 0. The van der Waals surface area contributed by atoms with E-state index in [-0.39, 0.29) is 50.6 Å². The maximum atomic E-state index is 12.6. The minimum atomic E-state index is -0.235. The molecule has 2 amide bonds. The van der Waals surface area contributed by atoms with Crippen LogP contribution in [0.2, 0.25) is 15.1 Å². The van der Waals surface area contributed by atoms with Crippen LogP contribution in [0.1, 0.15) is 6.42 Å². The minimum absolute atomic E-state index is 0.156. The fourth-order valence-corrected chi connectivity index (χ4v) is 4.41. The van der Waals surface area contributed by atoms with Gasteiger partial charge >= 0.3 is 0 Å². The van der Waals surface area contributed by atoms with E-state index in [0.717, 1.165) is 6.42 Å². The average Bonchev–Trinajstić information content (AvgIpc) is 3.10. The third kappa shape index (κ3) is 1.74. The lowest BCUT2D eigenvalue weighted by atomic mass is 9.85. The van der Waals surface area contributed by atoms with Crippen LogP contribution >= 0.6 is 34.8 Å². The molecule has 0 aromatic heterocycles. The topological polar surface area (TPSA) is 37.4 Å². The molecule has 1 aromatic carbocycles. The number of carbonyl (C=O) groups is 2. The highest BCUT2D eigenvalue weighted by Gasteiger charge is 2.59. The SMILES string of the molecule is O=C1[C@@H]2[C@H](C(=O)N1c1cc(Cl)c(Cl)c(Cl)c1)[C@@H]1C=C[C@H]2C1. The number of imide groups is 1. The van der Waals surface area contributed by atoms with E-state index in [0.29, 0.717) is 5.69 Å². The standard InChI is InChI=1S/C15H10Cl3NO2/c16-9-4-8(5-10(17)13(9)18)19-14(20)11-6-1-2-7(3-6)12(11)15(19)21/h1-2,4-7,11-12H,3H2/t6-,7+,11-,12+. The summed E-state index contributed by atoms with van der Waals surface area (Å²) in [5, 5.41) is 0.693. The van der Waals surface area contributed by atoms with Crippen molar-refractivity contribution < 1.29 is 9.59 Å². The van der Waals surface area contributed by atoms with Crippen LogP contribution in [0.3, 0.4) is 0 Å². The summed E-state index contributed by atoms with van der Waals surface area (Å²) in [6.45, 7) is 0. The molecule has 1 aromatic rings. The Balaban J connectivity index is 1.78. The third-order valence-corrected chi connectivity index (χ3v) is 5.89. The molecule has 2 bridgehead atoms. The second-order valence-electron chi connectivity index (χ2n) is 5.74. The number of nitrogens with zero attached hydrogens (tertiary/aromatic N) is 1. The predicted octanol–water partition coefficient (Wildman–Crippen LogP) is 3.96. The van der Waals surface area contributed by atoms with Crippen molar-refractivity contribution >= 4 is 52.3 Å². The Morgan fingerprint density at radius 2 is 1.38 bits per heavy atom. The molecule has 3 aliphatic rings. The highest BCUT2D eigenvalue weighted by atomic mass is 35.5. The van der Waals surface area contributed by atoms with Crippen LogP contribution in [0, 0.1) is 23.7 Å². The molecule has 3 nitrogen and oxygen atoms in total. The first kappa shape index (κ1) is 13.6. The van der Waals surface area contributed by atoms with Crippen LogP contribution in [0.5, 0.6) is 0 Å². The van der Waals surface area contributed by atoms with Gasteiger partial charge in [0, 0.05) is 0 Å². The molecule has 21 heavy (non-hydrogen) atoms. The van der Waals surface area contributed by atoms with E-state index in [4.69, 9.17) is 34.8 Å². The smallest absolute Gasteiger partial charge is 0.238 e. The first-order valence-electron chi connectivity index (χ1n) is 6.69. The molecule has 0 spiro atoms. The summed E-state index contributed by atoms with van der Waals surface area (Å²) in [5.41, 5.74) is 0.401. The monoisotopic (exact) mass is 341 g/mol. The number of carbonyl (C=O) groups excluding carboxylic acids is 2. The number of amides is 2. The Labute approximate surface area is 136 Å². The van der Waals surface area contributed by atoms with Crippen LogP contribution in [-0.4, -0.2) is 11.8 Å². The largest absolute Gasteiger partial charge is 0.274 e. The molecule has 1 heterocycles. The average molecular weight is 343 g/mol. The maximum absolute atomic E-state index is 12.6. The van der Waals surface area contributed by atoms with E-state index in [1.165, 1.54) is 17.0 Å². The summed E-state index contributed by atoms with van der Waals surface area (Å²) in [6.07, 6.45) is 5.02. The molecule has 1 aliphatic heterocycles. The summed E-state index contributed by atoms with van der Waals surface area (Å²) in [4.78, 5) is 26.5. The highest BCUT2D eigenvalue weighted by molar-refractivity contribution is 6.48. The number of hydrogen-bond acceptors (Lipinski definition) is 2. The first-order valence-corrected chi connectivity index (χ1v) is 7.83. The molecule has 2 fully saturated rings. The molecule has 1 saturated carbocycles. The molecule has 1 saturated heterocycles. The van der Waals surface area contributed by atoms with Gasteiger partial charge in [-0.3, -0.25) is 9.59 Å². The zero-order valence-electron chi connectivity index (χ0n) is 10.7. The molecule has 0 N–H and O–H groups in total. The van der Waals surface area contributed by atoms with Gasteiger partial charge < -0.3 is 0 Å². The van der Waals surface area contributed by atoms with Crippen molar-refractivity contribution in [2.75, 3.05) is 4.90 Å². The molecular formula is C15H10Cl3NO2. The molecule has 2 aliphatic carbocycles. The number of allylic oxidation sites excluding steroid dienone is 2. The van der Waals surface area contributed by atoms with Gasteiger partial charge in [0.05, 0.1) is 32.6 Å². The van der Waals surface area contributed by atoms with Crippen LogP contribution in [0.25, 0.3) is 0 Å². The Morgan fingerprint density at radius 1 is 0.905 bits per heavy atom. The van der Waals surface area contributed by atoms with Gasteiger partial charge in [-0.05, 0) is 30.4 Å². The van der Waals surface area contributed by atoms with E-state index < -0.39 is 0 Å². The van der Waals surface area contributed by atoms with Crippen molar-refractivity contribution in [3.05, 3.63) is 39.4 Å². The van der Waals surface area contributed by atoms with Crippen molar-refractivity contribution in [2.45, 2.75) is 6.42 Å². The first-order chi connectivity index (χ1) is 9.99. The van der Waals surface area contributed by atoms with Gasteiger partial charge in [0.2, 0.25) is 11.8 Å². The van der Waals surface area contributed by atoms with Gasteiger partial charge in [0.1, 0.15) is 0 Å². The molecule has 0 radical (unpaired) electrons. The number of fused-ring (bicyclic) bond motifs is 5. The zero-order valence-corrected chi connectivity index (χ0v) is 13.0. The van der Waals surface area contributed by atoms with Crippen molar-refractivity contribution in [1.29, 1.82) is 0 Å². The Morgan fingerprint density at radius 3 is 1.86 bits per heavy atom. The lowest BCUT2D eigenvalue weighted by molar-refractivity contribution is -0.123. The Hall–Kier alpha value is -1.03. The van der Waals surface area contributed by atoms with Gasteiger partial charge in [-0.2, -0.15) is 0 Å². The van der Waals surface area contributed by atoms with Gasteiger partial charge in [-0.25, -0.2) is 4.90 Å². The van der Waals surface area contributed by atoms with E-state index in [1.807, 2.05) is 0 Å². The van der Waals surface area contributed by atoms with Crippen LogP contribution in [0.4, 0.5) is 5.69 Å². The number of anilines is 1. The van der Waals surface area contributed by atoms with E-state index >= 15 is 0 Å². The van der Waals surface area contributed by atoms with Gasteiger partial charge in [-0.1, -0.05) is 47.0 Å². The maximum Gasteiger partial charge on any atom is 0.238 e. The summed E-state index contributed by atoms with van der Waals surface area (Å²) >= 11 is 17.9. The summed E-state index contributed by atoms with van der Waals surface area (Å²) in [5.74, 6) is -0.423. The lowest BCUT2D eigenvalue weighted by Gasteiger charge is -2.18. The summed E-state index contributed by atoms with van der Waals surface area (Å²) < 4.78 is 0. The molecule has 108 valence electrons. The normalized spacial score (nSPS) is 33.2. The fraction of sp³-hybridized carbons (Fsp3) is 0.333. The second kappa shape index (κ2) is 4.48. The van der Waals surface area contributed by atoms with Gasteiger partial charge in [0.15, 0.2) is 0 Å². The molecule has 4 rings (SSSR count). The lowest BCUT2D eigenvalue weighted by Crippen LogP contribution is -2.32. The molecule has 4 atom stereocenters. The van der Waals surface area contributed by atoms with Gasteiger partial charge in [0.25, 0.3) is 0 Å². The Bertz CT molecular complexity index is 662. The number of rotatable bonds is 1.